The topological polar surface area (TPSA) is 66.5 Å². The minimum absolute atomic E-state index is 0.0207. The van der Waals surface area contributed by atoms with E-state index in [0.29, 0.717) is 13.1 Å². The van der Waals surface area contributed by atoms with Crippen LogP contribution < -0.4 is 5.32 Å². The van der Waals surface area contributed by atoms with Gasteiger partial charge in [-0.05, 0) is 37.1 Å². The van der Waals surface area contributed by atoms with Gasteiger partial charge in [-0.3, -0.25) is 4.79 Å². The lowest BCUT2D eigenvalue weighted by Crippen LogP contribution is -2.35. The number of carbonyl (C=O) groups excluding carboxylic acids is 1. The summed E-state index contributed by atoms with van der Waals surface area (Å²) in [5.41, 5.74) is -1.06. The minimum Gasteiger partial charge on any atom is -0.322 e. The Bertz CT molecular complexity index is 1020. The second-order valence-corrected chi connectivity index (χ2v) is 8.23. The third kappa shape index (κ3) is 3.88. The largest absolute Gasteiger partial charge is 0.322 e. The number of halogens is 4. The zero-order valence-electron chi connectivity index (χ0n) is 14.5. The maximum atomic E-state index is 13.8. The van der Waals surface area contributed by atoms with Crippen molar-refractivity contribution < 1.29 is 30.8 Å². The predicted octanol–water partition coefficient (Wildman–Crippen LogP) is 3.67. The van der Waals surface area contributed by atoms with Gasteiger partial charge in [-0.1, -0.05) is 12.5 Å². The average Bonchev–Trinajstić information content (AvgIpc) is 2.70. The molecule has 1 heterocycles. The number of hydrogen-bond acceptors (Lipinski definition) is 3. The highest BCUT2D eigenvalue weighted by Crippen LogP contribution is 2.24. The molecule has 1 fully saturated rings. The first-order valence-electron chi connectivity index (χ1n) is 8.46. The number of hydrogen-bond donors (Lipinski definition) is 1. The molecule has 0 aromatic heterocycles. The number of anilines is 1. The van der Waals surface area contributed by atoms with Crippen molar-refractivity contribution in [2.45, 2.75) is 24.2 Å². The van der Waals surface area contributed by atoms with Crippen LogP contribution in [0.3, 0.4) is 0 Å². The van der Waals surface area contributed by atoms with Gasteiger partial charge >= 0.3 is 0 Å². The molecule has 0 saturated carbocycles. The van der Waals surface area contributed by atoms with Crippen LogP contribution in [0.5, 0.6) is 0 Å². The van der Waals surface area contributed by atoms with Crippen molar-refractivity contribution in [3.63, 3.8) is 0 Å². The summed E-state index contributed by atoms with van der Waals surface area (Å²) in [5.74, 6) is -8.93. The third-order valence-electron chi connectivity index (χ3n) is 4.39. The second-order valence-electron chi connectivity index (χ2n) is 6.29. The van der Waals surface area contributed by atoms with Crippen LogP contribution in [0.15, 0.2) is 35.2 Å². The van der Waals surface area contributed by atoms with Gasteiger partial charge in [0.15, 0.2) is 23.3 Å². The molecule has 0 spiro atoms. The number of carbonyl (C=O) groups is 1. The Kier molecular flexibility index (Phi) is 5.71. The van der Waals surface area contributed by atoms with E-state index >= 15 is 0 Å². The van der Waals surface area contributed by atoms with Crippen LogP contribution in [0.1, 0.15) is 29.6 Å². The summed E-state index contributed by atoms with van der Waals surface area (Å²) < 4.78 is 80.1. The van der Waals surface area contributed by atoms with E-state index in [1.165, 1.54) is 22.5 Å². The normalized spacial score (nSPS) is 15.4. The van der Waals surface area contributed by atoms with E-state index in [-0.39, 0.29) is 16.6 Å². The Labute approximate surface area is 159 Å². The molecule has 0 unspecified atom stereocenters. The van der Waals surface area contributed by atoms with Gasteiger partial charge in [0.05, 0.1) is 10.5 Å². The first-order chi connectivity index (χ1) is 13.2. The number of nitrogens with one attached hydrogen (secondary N) is 1. The molecule has 1 N–H and O–H groups in total. The molecule has 150 valence electrons. The van der Waals surface area contributed by atoms with Gasteiger partial charge in [0.1, 0.15) is 0 Å². The first kappa shape index (κ1) is 20.3. The highest BCUT2D eigenvalue weighted by molar-refractivity contribution is 7.89. The van der Waals surface area contributed by atoms with E-state index in [2.05, 4.69) is 5.32 Å². The van der Waals surface area contributed by atoms with E-state index in [9.17, 15) is 30.8 Å². The van der Waals surface area contributed by atoms with Crippen molar-refractivity contribution in [2.75, 3.05) is 18.4 Å². The predicted molar refractivity (Wildman–Crippen MR) is 93.3 cm³/mol. The fourth-order valence-corrected chi connectivity index (χ4v) is 4.49. The van der Waals surface area contributed by atoms with Gasteiger partial charge < -0.3 is 5.32 Å². The lowest BCUT2D eigenvalue weighted by Gasteiger charge is -2.26. The summed E-state index contributed by atoms with van der Waals surface area (Å²) in [6, 6.07) is 5.45. The summed E-state index contributed by atoms with van der Waals surface area (Å²) >= 11 is 0. The van der Waals surface area contributed by atoms with Gasteiger partial charge in [0.2, 0.25) is 10.0 Å². The molecule has 1 amide bonds. The van der Waals surface area contributed by atoms with Crippen molar-refractivity contribution in [3.05, 3.63) is 59.2 Å². The van der Waals surface area contributed by atoms with Crippen molar-refractivity contribution in [1.82, 2.24) is 4.31 Å². The van der Waals surface area contributed by atoms with Crippen molar-refractivity contribution in [2.24, 2.45) is 0 Å². The number of piperidine rings is 1. The molecule has 5 nitrogen and oxygen atoms in total. The SMILES string of the molecule is O=C(Nc1cccc(S(=O)(=O)N2CCCCC2)c1)c1cc(F)c(F)c(F)c1F. The molecule has 0 atom stereocenters. The Hall–Kier alpha value is -2.46. The molecule has 1 aliphatic heterocycles. The van der Waals surface area contributed by atoms with Crippen molar-refractivity contribution in [3.8, 4) is 0 Å². The molecular formula is C18H16F4N2O3S. The van der Waals surface area contributed by atoms with Crippen LogP contribution >= 0.6 is 0 Å². The Morgan fingerprint density at radius 3 is 2.29 bits per heavy atom. The van der Waals surface area contributed by atoms with E-state index in [0.717, 1.165) is 25.3 Å². The molecule has 1 aliphatic rings. The zero-order chi connectivity index (χ0) is 20.5. The molecule has 0 radical (unpaired) electrons. The van der Waals surface area contributed by atoms with Gasteiger partial charge in [-0.2, -0.15) is 4.31 Å². The van der Waals surface area contributed by atoms with Crippen LogP contribution in [0.25, 0.3) is 0 Å². The summed E-state index contributed by atoms with van der Waals surface area (Å²) in [6.07, 6.45) is 2.44. The monoisotopic (exact) mass is 416 g/mol. The highest BCUT2D eigenvalue weighted by Gasteiger charge is 2.27. The Morgan fingerprint density at radius 1 is 0.929 bits per heavy atom. The van der Waals surface area contributed by atoms with Crippen LogP contribution in [-0.2, 0) is 10.0 Å². The maximum absolute atomic E-state index is 13.8. The lowest BCUT2D eigenvalue weighted by molar-refractivity contribution is 0.102. The van der Waals surface area contributed by atoms with Crippen LogP contribution in [-0.4, -0.2) is 31.7 Å². The standard InChI is InChI=1S/C18H16F4N2O3S/c19-14-10-13(15(20)17(22)16(14)21)18(25)23-11-5-4-6-12(9-11)28(26,27)24-7-2-1-3-8-24/h4-6,9-10H,1-3,7-8H2,(H,23,25). The molecule has 2 aromatic carbocycles. The van der Waals surface area contributed by atoms with Gasteiger partial charge in [-0.15, -0.1) is 0 Å². The summed E-state index contributed by atoms with van der Waals surface area (Å²) in [7, 11) is -3.77. The third-order valence-corrected chi connectivity index (χ3v) is 6.29. The fourth-order valence-electron chi connectivity index (χ4n) is 2.93. The number of benzene rings is 2. The number of rotatable bonds is 4. The van der Waals surface area contributed by atoms with Crippen LogP contribution in [0, 0.1) is 23.3 Å². The quantitative estimate of drug-likeness (QED) is 0.470. The molecular weight excluding hydrogens is 400 g/mol. The van der Waals surface area contributed by atoms with E-state index in [4.69, 9.17) is 0 Å². The van der Waals surface area contributed by atoms with Gasteiger partial charge in [0.25, 0.3) is 5.91 Å². The molecule has 0 bridgehead atoms. The van der Waals surface area contributed by atoms with Crippen LogP contribution in [0.2, 0.25) is 0 Å². The average molecular weight is 416 g/mol. The maximum Gasteiger partial charge on any atom is 0.258 e. The number of nitrogens with zero attached hydrogens (tertiary/aromatic N) is 1. The van der Waals surface area contributed by atoms with Crippen LogP contribution in [0.4, 0.5) is 23.2 Å². The zero-order valence-corrected chi connectivity index (χ0v) is 15.3. The smallest absolute Gasteiger partial charge is 0.258 e. The summed E-state index contributed by atoms with van der Waals surface area (Å²) in [4.78, 5) is 12.1. The Morgan fingerprint density at radius 2 is 1.61 bits per heavy atom. The van der Waals surface area contributed by atoms with E-state index in [1.54, 1.807) is 0 Å². The molecule has 1 saturated heterocycles. The van der Waals surface area contributed by atoms with Crippen molar-refractivity contribution >= 4 is 21.6 Å². The molecule has 3 rings (SSSR count). The summed E-state index contributed by atoms with van der Waals surface area (Å²) in [5, 5.41) is 2.17. The molecule has 2 aromatic rings. The van der Waals surface area contributed by atoms with E-state index < -0.39 is 44.8 Å². The van der Waals surface area contributed by atoms with Gasteiger partial charge in [0, 0.05) is 18.8 Å². The number of sulfonamides is 1. The first-order valence-corrected chi connectivity index (χ1v) is 9.90. The van der Waals surface area contributed by atoms with E-state index in [1.807, 2.05) is 0 Å². The van der Waals surface area contributed by atoms with Gasteiger partial charge in [-0.25, -0.2) is 26.0 Å². The molecule has 28 heavy (non-hydrogen) atoms. The fraction of sp³-hybridized carbons (Fsp3) is 0.278. The second kappa shape index (κ2) is 7.88. The number of amides is 1. The lowest BCUT2D eigenvalue weighted by atomic mass is 10.1. The molecule has 10 heteroatoms. The molecule has 0 aliphatic carbocycles. The highest BCUT2D eigenvalue weighted by atomic mass is 32.2. The Balaban J connectivity index is 1.86. The van der Waals surface area contributed by atoms with Crippen molar-refractivity contribution in [1.29, 1.82) is 0 Å². The summed E-state index contributed by atoms with van der Waals surface area (Å²) in [6.45, 7) is 0.774. The minimum atomic E-state index is -3.77.